The van der Waals surface area contributed by atoms with Crippen molar-refractivity contribution in [3.8, 4) is 0 Å². The lowest BCUT2D eigenvalue weighted by Crippen LogP contribution is -2.38. The van der Waals surface area contributed by atoms with Gasteiger partial charge in [-0.2, -0.15) is 0 Å². The molecule has 1 atom stereocenters. The molecule has 0 aromatic heterocycles. The van der Waals surface area contributed by atoms with E-state index in [2.05, 4.69) is 40.4 Å². The number of hydrogen-bond donors (Lipinski definition) is 2. The molecular formula is C17H26BrFN2O2. The number of nitrogens with one attached hydrogen (secondary N) is 2. The first-order chi connectivity index (χ1) is 10.6. The number of alkyl carbamates (subject to hydrolysis) is 1. The minimum atomic E-state index is -0.505. The molecule has 0 aliphatic carbocycles. The summed E-state index contributed by atoms with van der Waals surface area (Å²) in [5.41, 5.74) is 0.323. The molecule has 0 saturated carbocycles. The van der Waals surface area contributed by atoms with Crippen molar-refractivity contribution in [2.75, 3.05) is 18.4 Å². The normalized spacial score (nSPS) is 12.9. The standard InChI is InChI=1S/C17H26BrFN2O2/c1-11(2)12(10-21-16(22)23-17(3,4)5)9-20-15-7-6-13(19)8-14(15)18/h6-8,11-12,20H,9-10H2,1-5H3,(H,21,22). The van der Waals surface area contributed by atoms with Gasteiger partial charge >= 0.3 is 6.09 Å². The average Bonchev–Trinajstić information content (AvgIpc) is 2.38. The maximum Gasteiger partial charge on any atom is 0.407 e. The van der Waals surface area contributed by atoms with E-state index in [0.717, 1.165) is 5.69 Å². The van der Waals surface area contributed by atoms with E-state index in [4.69, 9.17) is 4.74 Å². The number of carbonyl (C=O) groups excluding carboxylic acids is 1. The van der Waals surface area contributed by atoms with E-state index in [1.165, 1.54) is 12.1 Å². The van der Waals surface area contributed by atoms with Gasteiger partial charge in [0.1, 0.15) is 11.4 Å². The number of benzene rings is 1. The zero-order chi connectivity index (χ0) is 17.6. The molecule has 1 aromatic carbocycles. The van der Waals surface area contributed by atoms with E-state index >= 15 is 0 Å². The SMILES string of the molecule is CC(C)C(CNC(=O)OC(C)(C)C)CNc1ccc(F)cc1Br. The Morgan fingerprint density at radius 3 is 2.48 bits per heavy atom. The van der Waals surface area contributed by atoms with E-state index < -0.39 is 11.7 Å². The van der Waals surface area contributed by atoms with Crippen molar-refractivity contribution in [2.45, 2.75) is 40.2 Å². The first kappa shape index (κ1) is 19.7. The summed E-state index contributed by atoms with van der Waals surface area (Å²) in [6, 6.07) is 4.53. The molecule has 4 nitrogen and oxygen atoms in total. The van der Waals surface area contributed by atoms with Crippen LogP contribution in [-0.4, -0.2) is 24.8 Å². The van der Waals surface area contributed by atoms with E-state index in [1.807, 2.05) is 20.8 Å². The summed E-state index contributed by atoms with van der Waals surface area (Å²) < 4.78 is 19.0. The zero-order valence-electron chi connectivity index (χ0n) is 14.4. The summed E-state index contributed by atoms with van der Waals surface area (Å²) in [6.45, 7) is 10.9. The summed E-state index contributed by atoms with van der Waals surface area (Å²) in [5, 5.41) is 6.10. The van der Waals surface area contributed by atoms with Crippen molar-refractivity contribution in [2.24, 2.45) is 11.8 Å². The molecule has 1 unspecified atom stereocenters. The van der Waals surface area contributed by atoms with Crippen LogP contribution in [-0.2, 0) is 4.74 Å². The minimum Gasteiger partial charge on any atom is -0.444 e. The molecule has 0 aliphatic rings. The third kappa shape index (κ3) is 7.68. The van der Waals surface area contributed by atoms with Crippen molar-refractivity contribution in [3.05, 3.63) is 28.5 Å². The first-order valence-corrected chi connectivity index (χ1v) is 8.53. The highest BCUT2D eigenvalue weighted by molar-refractivity contribution is 9.10. The molecule has 1 rings (SSSR count). The molecule has 6 heteroatoms. The van der Waals surface area contributed by atoms with Gasteiger partial charge in [-0.3, -0.25) is 0 Å². The lowest BCUT2D eigenvalue weighted by molar-refractivity contribution is 0.0516. The zero-order valence-corrected chi connectivity index (χ0v) is 16.0. The van der Waals surface area contributed by atoms with Crippen LogP contribution in [0.25, 0.3) is 0 Å². The van der Waals surface area contributed by atoms with Crippen LogP contribution in [0.15, 0.2) is 22.7 Å². The largest absolute Gasteiger partial charge is 0.444 e. The van der Waals surface area contributed by atoms with Gasteiger partial charge in [0.15, 0.2) is 0 Å². The fourth-order valence-electron chi connectivity index (χ4n) is 1.95. The van der Waals surface area contributed by atoms with Gasteiger partial charge in [-0.15, -0.1) is 0 Å². The molecule has 2 N–H and O–H groups in total. The molecule has 23 heavy (non-hydrogen) atoms. The molecule has 1 aromatic rings. The van der Waals surface area contributed by atoms with Crippen molar-refractivity contribution in [1.82, 2.24) is 5.32 Å². The number of ether oxygens (including phenoxy) is 1. The second kappa shape index (κ2) is 8.52. The number of rotatable bonds is 6. The Labute approximate surface area is 146 Å². The first-order valence-electron chi connectivity index (χ1n) is 7.74. The highest BCUT2D eigenvalue weighted by atomic mass is 79.9. The van der Waals surface area contributed by atoms with Gasteiger partial charge in [0, 0.05) is 23.2 Å². The van der Waals surface area contributed by atoms with Gasteiger partial charge in [0.25, 0.3) is 0 Å². The second-order valence-electron chi connectivity index (χ2n) is 6.89. The van der Waals surface area contributed by atoms with Gasteiger partial charge in [-0.25, -0.2) is 9.18 Å². The van der Waals surface area contributed by atoms with Crippen molar-refractivity contribution in [3.63, 3.8) is 0 Å². The second-order valence-corrected chi connectivity index (χ2v) is 7.75. The van der Waals surface area contributed by atoms with Crippen LogP contribution < -0.4 is 10.6 Å². The maximum atomic E-state index is 13.1. The number of carbonyl (C=O) groups is 1. The Balaban J connectivity index is 2.54. The molecular weight excluding hydrogens is 363 g/mol. The highest BCUT2D eigenvalue weighted by Gasteiger charge is 2.19. The average molecular weight is 389 g/mol. The quantitative estimate of drug-likeness (QED) is 0.735. The number of anilines is 1. The molecule has 0 saturated heterocycles. The van der Waals surface area contributed by atoms with Gasteiger partial charge in [-0.1, -0.05) is 13.8 Å². The summed E-state index contributed by atoms with van der Waals surface area (Å²) in [4.78, 5) is 11.7. The molecule has 0 fully saturated rings. The fraction of sp³-hybridized carbons (Fsp3) is 0.588. The Bertz CT molecular complexity index is 530. The topological polar surface area (TPSA) is 50.4 Å². The van der Waals surface area contributed by atoms with Gasteiger partial charge in [0.2, 0.25) is 0 Å². The number of halogens is 2. The van der Waals surface area contributed by atoms with Crippen molar-refractivity contribution >= 4 is 27.7 Å². The predicted octanol–water partition coefficient (Wildman–Crippen LogP) is 4.80. The summed E-state index contributed by atoms with van der Waals surface area (Å²) in [7, 11) is 0. The monoisotopic (exact) mass is 388 g/mol. The smallest absolute Gasteiger partial charge is 0.407 e. The molecule has 0 spiro atoms. The summed E-state index contributed by atoms with van der Waals surface area (Å²) >= 11 is 3.34. The Morgan fingerprint density at radius 1 is 1.30 bits per heavy atom. The van der Waals surface area contributed by atoms with Crippen LogP contribution in [0.1, 0.15) is 34.6 Å². The third-order valence-electron chi connectivity index (χ3n) is 3.34. The Hall–Kier alpha value is -1.30. The van der Waals surface area contributed by atoms with Crippen LogP contribution in [0.4, 0.5) is 14.9 Å². The van der Waals surface area contributed by atoms with E-state index in [1.54, 1.807) is 6.07 Å². The van der Waals surface area contributed by atoms with E-state index in [0.29, 0.717) is 23.5 Å². The third-order valence-corrected chi connectivity index (χ3v) is 3.99. The predicted molar refractivity (Wildman–Crippen MR) is 95.2 cm³/mol. The van der Waals surface area contributed by atoms with Crippen molar-refractivity contribution in [1.29, 1.82) is 0 Å². The summed E-state index contributed by atoms with van der Waals surface area (Å²) in [6.07, 6.45) is -0.411. The van der Waals surface area contributed by atoms with Crippen LogP contribution in [0, 0.1) is 17.7 Å². The molecule has 130 valence electrons. The Kier molecular flexibility index (Phi) is 7.32. The number of amides is 1. The fourth-order valence-corrected chi connectivity index (χ4v) is 2.44. The van der Waals surface area contributed by atoms with E-state index in [9.17, 15) is 9.18 Å². The minimum absolute atomic E-state index is 0.222. The lowest BCUT2D eigenvalue weighted by Gasteiger charge is -2.24. The van der Waals surface area contributed by atoms with Gasteiger partial charge in [-0.05, 0) is 66.7 Å². The van der Waals surface area contributed by atoms with Crippen LogP contribution >= 0.6 is 15.9 Å². The van der Waals surface area contributed by atoms with Crippen LogP contribution in [0.3, 0.4) is 0 Å². The highest BCUT2D eigenvalue weighted by Crippen LogP contribution is 2.24. The molecule has 0 heterocycles. The molecule has 0 radical (unpaired) electrons. The summed E-state index contributed by atoms with van der Waals surface area (Å²) in [5.74, 6) is 0.311. The maximum absolute atomic E-state index is 13.1. The molecule has 0 aliphatic heterocycles. The van der Waals surface area contributed by atoms with Crippen molar-refractivity contribution < 1.29 is 13.9 Å². The van der Waals surface area contributed by atoms with Crippen LogP contribution in [0.5, 0.6) is 0 Å². The van der Waals surface area contributed by atoms with E-state index in [-0.39, 0.29) is 11.7 Å². The van der Waals surface area contributed by atoms with Crippen LogP contribution in [0.2, 0.25) is 0 Å². The van der Waals surface area contributed by atoms with Gasteiger partial charge in [0.05, 0.1) is 0 Å². The Morgan fingerprint density at radius 2 is 1.96 bits per heavy atom. The molecule has 0 bridgehead atoms. The lowest BCUT2D eigenvalue weighted by atomic mass is 9.95. The number of hydrogen-bond acceptors (Lipinski definition) is 3. The van der Waals surface area contributed by atoms with Gasteiger partial charge < -0.3 is 15.4 Å². The molecule has 1 amide bonds.